The van der Waals surface area contributed by atoms with Crippen molar-refractivity contribution in [3.05, 3.63) is 35.4 Å². The zero-order chi connectivity index (χ0) is 18.1. The molecule has 0 radical (unpaired) electrons. The fourth-order valence-corrected chi connectivity index (χ4v) is 4.18. The SMILES string of the molecule is CCCCCC[C@H](C)Cc1ccc(C2CCC(C(=O)OC)CC2)cc1. The van der Waals surface area contributed by atoms with Gasteiger partial charge in [0.2, 0.25) is 0 Å². The summed E-state index contributed by atoms with van der Waals surface area (Å²) in [5.41, 5.74) is 2.91. The molecule has 1 aliphatic carbocycles. The maximum Gasteiger partial charge on any atom is 0.308 e. The minimum Gasteiger partial charge on any atom is -0.469 e. The first-order valence-corrected chi connectivity index (χ1v) is 10.3. The second kappa shape index (κ2) is 10.6. The van der Waals surface area contributed by atoms with E-state index in [1.807, 2.05) is 0 Å². The molecule has 0 heterocycles. The van der Waals surface area contributed by atoms with Crippen LogP contribution in [-0.4, -0.2) is 13.1 Å². The summed E-state index contributed by atoms with van der Waals surface area (Å²) < 4.78 is 4.89. The van der Waals surface area contributed by atoms with Crippen LogP contribution in [0.5, 0.6) is 0 Å². The van der Waals surface area contributed by atoms with E-state index < -0.39 is 0 Å². The van der Waals surface area contributed by atoms with E-state index in [9.17, 15) is 4.79 Å². The van der Waals surface area contributed by atoms with Crippen molar-refractivity contribution in [2.45, 2.75) is 84.0 Å². The number of hydrogen-bond acceptors (Lipinski definition) is 2. The third kappa shape index (κ3) is 6.49. The summed E-state index contributed by atoms with van der Waals surface area (Å²) in [4.78, 5) is 11.6. The van der Waals surface area contributed by atoms with E-state index in [0.717, 1.165) is 31.6 Å². The van der Waals surface area contributed by atoms with Crippen molar-refractivity contribution in [2.75, 3.05) is 7.11 Å². The quantitative estimate of drug-likeness (QED) is 0.389. The molecule has 2 rings (SSSR count). The van der Waals surface area contributed by atoms with Crippen molar-refractivity contribution in [1.82, 2.24) is 0 Å². The Labute approximate surface area is 154 Å². The van der Waals surface area contributed by atoms with Crippen LogP contribution in [0.15, 0.2) is 24.3 Å². The molecule has 0 aliphatic heterocycles. The molecule has 1 aromatic rings. The minimum atomic E-state index is -0.0262. The first-order valence-electron chi connectivity index (χ1n) is 10.3. The van der Waals surface area contributed by atoms with E-state index in [1.165, 1.54) is 56.8 Å². The highest BCUT2D eigenvalue weighted by molar-refractivity contribution is 5.72. The van der Waals surface area contributed by atoms with Crippen molar-refractivity contribution in [3.8, 4) is 0 Å². The van der Waals surface area contributed by atoms with Gasteiger partial charge in [-0.05, 0) is 55.1 Å². The highest BCUT2D eigenvalue weighted by atomic mass is 16.5. The van der Waals surface area contributed by atoms with Crippen LogP contribution < -0.4 is 0 Å². The Morgan fingerprint density at radius 1 is 1.08 bits per heavy atom. The third-order valence-corrected chi connectivity index (χ3v) is 5.85. The van der Waals surface area contributed by atoms with Crippen LogP contribution in [0.3, 0.4) is 0 Å². The zero-order valence-electron chi connectivity index (χ0n) is 16.4. The van der Waals surface area contributed by atoms with Gasteiger partial charge in [-0.15, -0.1) is 0 Å². The van der Waals surface area contributed by atoms with Gasteiger partial charge in [0.05, 0.1) is 13.0 Å². The number of benzene rings is 1. The Bertz CT molecular complexity index is 497. The van der Waals surface area contributed by atoms with Gasteiger partial charge in [0.25, 0.3) is 0 Å². The second-order valence-electron chi connectivity index (χ2n) is 7.97. The van der Waals surface area contributed by atoms with Crippen molar-refractivity contribution >= 4 is 5.97 Å². The lowest BCUT2D eigenvalue weighted by Gasteiger charge is -2.27. The molecule has 2 nitrogen and oxygen atoms in total. The molecule has 0 amide bonds. The molecule has 1 atom stereocenters. The normalized spacial score (nSPS) is 21.7. The van der Waals surface area contributed by atoms with Crippen LogP contribution >= 0.6 is 0 Å². The van der Waals surface area contributed by atoms with E-state index in [1.54, 1.807) is 0 Å². The predicted molar refractivity (Wildman–Crippen MR) is 105 cm³/mol. The standard InChI is InChI=1S/C23H36O2/c1-4-5-6-7-8-18(2)17-19-9-11-20(12-10-19)21-13-15-22(16-14-21)23(24)25-3/h9-12,18,21-22H,4-8,13-17H2,1-3H3/t18-,21?,22?/m0/s1. The molecule has 1 aromatic carbocycles. The molecule has 0 aromatic heterocycles. The van der Waals surface area contributed by atoms with Gasteiger partial charge in [-0.1, -0.05) is 70.2 Å². The maximum absolute atomic E-state index is 11.6. The molecule has 1 saturated carbocycles. The van der Waals surface area contributed by atoms with E-state index in [-0.39, 0.29) is 11.9 Å². The van der Waals surface area contributed by atoms with Crippen molar-refractivity contribution in [3.63, 3.8) is 0 Å². The summed E-state index contributed by atoms with van der Waals surface area (Å²) in [5, 5.41) is 0. The molecular weight excluding hydrogens is 308 g/mol. The molecule has 140 valence electrons. The minimum absolute atomic E-state index is 0.0262. The fourth-order valence-electron chi connectivity index (χ4n) is 4.18. The Morgan fingerprint density at radius 3 is 2.36 bits per heavy atom. The maximum atomic E-state index is 11.6. The summed E-state index contributed by atoms with van der Waals surface area (Å²) in [6, 6.07) is 9.29. The summed E-state index contributed by atoms with van der Waals surface area (Å²) >= 11 is 0. The van der Waals surface area contributed by atoms with Gasteiger partial charge >= 0.3 is 5.97 Å². The van der Waals surface area contributed by atoms with Crippen LogP contribution in [0, 0.1) is 11.8 Å². The van der Waals surface area contributed by atoms with E-state index >= 15 is 0 Å². The van der Waals surface area contributed by atoms with Gasteiger partial charge in [0.15, 0.2) is 0 Å². The van der Waals surface area contributed by atoms with Gasteiger partial charge in [0, 0.05) is 0 Å². The van der Waals surface area contributed by atoms with E-state index in [0.29, 0.717) is 5.92 Å². The Hall–Kier alpha value is -1.31. The van der Waals surface area contributed by atoms with Crippen LogP contribution in [0.25, 0.3) is 0 Å². The number of hydrogen-bond donors (Lipinski definition) is 0. The zero-order valence-corrected chi connectivity index (χ0v) is 16.4. The molecular formula is C23H36O2. The van der Waals surface area contributed by atoms with Gasteiger partial charge in [-0.25, -0.2) is 0 Å². The summed E-state index contributed by atoms with van der Waals surface area (Å²) in [7, 11) is 1.50. The molecule has 0 unspecified atom stereocenters. The topological polar surface area (TPSA) is 26.3 Å². The first-order chi connectivity index (χ1) is 12.1. The smallest absolute Gasteiger partial charge is 0.308 e. The van der Waals surface area contributed by atoms with Crippen molar-refractivity contribution in [1.29, 1.82) is 0 Å². The molecule has 0 N–H and O–H groups in total. The number of carbonyl (C=O) groups is 1. The number of ether oxygens (including phenoxy) is 1. The number of carbonyl (C=O) groups excluding carboxylic acids is 1. The number of esters is 1. The molecule has 0 spiro atoms. The molecule has 25 heavy (non-hydrogen) atoms. The summed E-state index contributed by atoms with van der Waals surface area (Å²) in [6.45, 7) is 4.65. The molecule has 0 bridgehead atoms. The average Bonchev–Trinajstić information content (AvgIpc) is 2.65. The molecule has 1 aliphatic rings. The second-order valence-corrected chi connectivity index (χ2v) is 7.97. The van der Waals surface area contributed by atoms with Crippen LogP contribution in [-0.2, 0) is 16.0 Å². The fraction of sp³-hybridized carbons (Fsp3) is 0.696. The third-order valence-electron chi connectivity index (χ3n) is 5.85. The number of unbranched alkanes of at least 4 members (excludes halogenated alkanes) is 3. The van der Waals surface area contributed by atoms with Crippen molar-refractivity contribution < 1.29 is 9.53 Å². The van der Waals surface area contributed by atoms with Crippen LogP contribution in [0.1, 0.15) is 88.7 Å². The lowest BCUT2D eigenvalue weighted by molar-refractivity contribution is -0.146. The largest absolute Gasteiger partial charge is 0.469 e. The molecule has 2 heteroatoms. The predicted octanol–water partition coefficient (Wildman–Crippen LogP) is 6.28. The van der Waals surface area contributed by atoms with Crippen LogP contribution in [0.4, 0.5) is 0 Å². The van der Waals surface area contributed by atoms with Gasteiger partial charge in [0.1, 0.15) is 0 Å². The lowest BCUT2D eigenvalue weighted by atomic mass is 9.78. The number of methoxy groups -OCH3 is 1. The van der Waals surface area contributed by atoms with Gasteiger partial charge in [-0.2, -0.15) is 0 Å². The first kappa shape index (κ1) is 20.0. The average molecular weight is 345 g/mol. The Balaban J connectivity index is 1.77. The van der Waals surface area contributed by atoms with E-state index in [4.69, 9.17) is 4.74 Å². The summed E-state index contributed by atoms with van der Waals surface area (Å²) in [6.07, 6.45) is 12.1. The van der Waals surface area contributed by atoms with Crippen molar-refractivity contribution in [2.24, 2.45) is 11.8 Å². The highest BCUT2D eigenvalue weighted by Crippen LogP contribution is 2.36. The monoisotopic (exact) mass is 344 g/mol. The van der Waals surface area contributed by atoms with Crippen LogP contribution in [0.2, 0.25) is 0 Å². The Kier molecular flexibility index (Phi) is 8.51. The van der Waals surface area contributed by atoms with Gasteiger partial charge < -0.3 is 4.74 Å². The molecule has 1 fully saturated rings. The highest BCUT2D eigenvalue weighted by Gasteiger charge is 2.27. The van der Waals surface area contributed by atoms with Gasteiger partial charge in [-0.3, -0.25) is 4.79 Å². The van der Waals surface area contributed by atoms with E-state index in [2.05, 4.69) is 38.1 Å². The lowest BCUT2D eigenvalue weighted by Crippen LogP contribution is -2.22. The molecule has 0 saturated heterocycles. The number of rotatable bonds is 9. The summed E-state index contributed by atoms with van der Waals surface area (Å²) in [5.74, 6) is 1.48. The Morgan fingerprint density at radius 2 is 1.76 bits per heavy atom.